The number of benzene rings is 1. The number of rotatable bonds is 5. The lowest BCUT2D eigenvalue weighted by atomic mass is 10.3. The second-order valence-corrected chi connectivity index (χ2v) is 6.90. The maximum absolute atomic E-state index is 12.4. The summed E-state index contributed by atoms with van der Waals surface area (Å²) >= 11 is 5.98. The first-order chi connectivity index (χ1) is 11.9. The van der Waals surface area contributed by atoms with E-state index in [0.717, 1.165) is 0 Å². The number of hydrogen-bond acceptors (Lipinski definition) is 6. The highest BCUT2D eigenvalue weighted by atomic mass is 35.5. The first kappa shape index (κ1) is 17.1. The lowest BCUT2D eigenvalue weighted by Crippen LogP contribution is -2.12. The van der Waals surface area contributed by atoms with Gasteiger partial charge < -0.3 is 9.15 Å². The van der Waals surface area contributed by atoms with Crippen LogP contribution in [0.1, 0.15) is 0 Å². The monoisotopic (exact) mass is 381 g/mol. The van der Waals surface area contributed by atoms with E-state index in [1.165, 1.54) is 49.6 Å². The van der Waals surface area contributed by atoms with E-state index in [1.54, 1.807) is 0 Å². The number of hydrogen-bond donors (Lipinski definition) is 2. The fourth-order valence-electron chi connectivity index (χ4n) is 2.02. The third kappa shape index (κ3) is 3.67. The smallest absolute Gasteiger partial charge is 0.295 e. The van der Waals surface area contributed by atoms with Crippen LogP contribution in [0.4, 0.5) is 5.69 Å². The zero-order chi connectivity index (χ0) is 18.0. The van der Waals surface area contributed by atoms with E-state index in [9.17, 15) is 13.2 Å². The molecule has 0 radical (unpaired) electrons. The van der Waals surface area contributed by atoms with Crippen LogP contribution in [-0.2, 0) is 10.0 Å². The minimum Gasteiger partial charge on any atom is -0.495 e. The Labute approximate surface area is 147 Å². The molecular formula is C15H12ClN3O5S. The van der Waals surface area contributed by atoms with Crippen molar-refractivity contribution in [2.45, 2.75) is 5.09 Å². The molecule has 25 heavy (non-hydrogen) atoms. The van der Waals surface area contributed by atoms with Gasteiger partial charge in [-0.15, -0.1) is 0 Å². The molecule has 0 saturated heterocycles. The summed E-state index contributed by atoms with van der Waals surface area (Å²) in [5.74, 6) is 0.624. The van der Waals surface area contributed by atoms with Gasteiger partial charge in [0.05, 0.1) is 17.8 Å². The number of ether oxygens (including phenoxy) is 1. The molecule has 1 aromatic carbocycles. The van der Waals surface area contributed by atoms with Crippen molar-refractivity contribution in [3.05, 3.63) is 57.8 Å². The molecule has 0 spiro atoms. The molecule has 130 valence electrons. The highest BCUT2D eigenvalue weighted by Crippen LogP contribution is 2.29. The van der Waals surface area contributed by atoms with Crippen molar-refractivity contribution < 1.29 is 17.6 Å². The summed E-state index contributed by atoms with van der Waals surface area (Å²) in [6.07, 6.45) is 0. The van der Waals surface area contributed by atoms with Crippen LogP contribution in [0.2, 0.25) is 5.02 Å². The van der Waals surface area contributed by atoms with Crippen molar-refractivity contribution in [3.63, 3.8) is 0 Å². The summed E-state index contributed by atoms with van der Waals surface area (Å²) in [5.41, 5.74) is 0.181. The van der Waals surface area contributed by atoms with Crippen molar-refractivity contribution in [1.82, 2.24) is 10.2 Å². The van der Waals surface area contributed by atoms with Gasteiger partial charge >= 0.3 is 0 Å². The highest BCUT2D eigenvalue weighted by molar-refractivity contribution is 7.92. The second kappa shape index (κ2) is 6.61. The van der Waals surface area contributed by atoms with Crippen molar-refractivity contribution >= 4 is 27.3 Å². The average Bonchev–Trinajstić information content (AvgIpc) is 3.06. The van der Waals surface area contributed by atoms with Crippen LogP contribution in [0.5, 0.6) is 5.75 Å². The number of H-pyrrole nitrogens is 1. The summed E-state index contributed by atoms with van der Waals surface area (Å²) in [6, 6.07) is 9.88. The van der Waals surface area contributed by atoms with E-state index in [0.29, 0.717) is 11.4 Å². The Bertz CT molecular complexity index is 1050. The Hall–Kier alpha value is -2.78. The number of nitrogens with one attached hydrogen (secondary N) is 2. The molecule has 0 bridgehead atoms. The molecule has 2 heterocycles. The van der Waals surface area contributed by atoms with Gasteiger partial charge in [-0.25, -0.2) is 5.10 Å². The minimum absolute atomic E-state index is 0.199. The molecule has 8 nitrogen and oxygen atoms in total. The molecule has 2 N–H and O–H groups in total. The zero-order valence-corrected chi connectivity index (χ0v) is 14.4. The molecule has 2 aromatic heterocycles. The molecule has 0 saturated carbocycles. The van der Waals surface area contributed by atoms with E-state index >= 15 is 0 Å². The van der Waals surface area contributed by atoms with Gasteiger partial charge in [0.15, 0.2) is 5.76 Å². The van der Waals surface area contributed by atoms with E-state index in [2.05, 4.69) is 14.9 Å². The van der Waals surface area contributed by atoms with Gasteiger partial charge in [-0.1, -0.05) is 11.6 Å². The van der Waals surface area contributed by atoms with Crippen molar-refractivity contribution in [2.75, 3.05) is 11.8 Å². The summed E-state index contributed by atoms with van der Waals surface area (Å²) in [4.78, 5) is 11.0. The number of anilines is 1. The molecular weight excluding hydrogens is 370 g/mol. The average molecular weight is 382 g/mol. The molecule has 0 aliphatic heterocycles. The van der Waals surface area contributed by atoms with Crippen LogP contribution >= 0.6 is 11.6 Å². The Morgan fingerprint density at radius 2 is 2.00 bits per heavy atom. The van der Waals surface area contributed by atoms with Gasteiger partial charge in [-0.2, -0.15) is 13.5 Å². The summed E-state index contributed by atoms with van der Waals surface area (Å²) in [5, 5.41) is 5.99. The van der Waals surface area contributed by atoms with Crippen molar-refractivity contribution in [3.8, 4) is 17.2 Å². The second-order valence-electron chi connectivity index (χ2n) is 4.88. The number of halogens is 1. The third-order valence-corrected chi connectivity index (χ3v) is 4.73. The van der Waals surface area contributed by atoms with Crippen LogP contribution in [0.25, 0.3) is 11.5 Å². The first-order valence-electron chi connectivity index (χ1n) is 6.91. The van der Waals surface area contributed by atoms with Gasteiger partial charge in [0.25, 0.3) is 15.6 Å². The molecule has 3 aromatic rings. The van der Waals surface area contributed by atoms with Gasteiger partial charge in [0.1, 0.15) is 11.4 Å². The summed E-state index contributed by atoms with van der Waals surface area (Å²) in [6.45, 7) is 0. The summed E-state index contributed by atoms with van der Waals surface area (Å²) < 4.78 is 37.5. The molecule has 0 fully saturated rings. The van der Waals surface area contributed by atoms with Crippen LogP contribution in [0.15, 0.2) is 56.8 Å². The zero-order valence-electron chi connectivity index (χ0n) is 12.8. The Balaban J connectivity index is 1.87. The number of furan rings is 1. The molecule has 0 atom stereocenters. The summed E-state index contributed by atoms with van der Waals surface area (Å²) in [7, 11) is -2.50. The lowest BCUT2D eigenvalue weighted by Gasteiger charge is -2.08. The van der Waals surface area contributed by atoms with Gasteiger partial charge in [-0.3, -0.25) is 9.52 Å². The quantitative estimate of drug-likeness (QED) is 0.701. The van der Waals surface area contributed by atoms with E-state index < -0.39 is 10.0 Å². The minimum atomic E-state index is -3.96. The van der Waals surface area contributed by atoms with Crippen molar-refractivity contribution in [2.24, 2.45) is 0 Å². The number of methoxy groups -OCH3 is 1. The molecule has 0 aliphatic carbocycles. The van der Waals surface area contributed by atoms with E-state index in [-0.39, 0.29) is 27.1 Å². The van der Waals surface area contributed by atoms with Crippen LogP contribution in [0, 0.1) is 0 Å². The van der Waals surface area contributed by atoms with Crippen LogP contribution < -0.4 is 15.0 Å². The molecule has 0 unspecified atom stereocenters. The highest BCUT2D eigenvalue weighted by Gasteiger charge is 2.20. The normalized spacial score (nSPS) is 11.3. The Morgan fingerprint density at radius 1 is 1.20 bits per heavy atom. The fraction of sp³-hybridized carbons (Fsp3) is 0.0667. The van der Waals surface area contributed by atoms with Gasteiger partial charge in [-0.05, 0) is 36.4 Å². The van der Waals surface area contributed by atoms with Gasteiger partial charge in [0.2, 0.25) is 5.09 Å². The SMILES string of the molecule is COc1ccc(NS(=O)(=O)c2ccc(-c3ccc(=O)[nH]n3)o2)cc1Cl. The first-order valence-corrected chi connectivity index (χ1v) is 8.77. The number of sulfonamides is 1. The Morgan fingerprint density at radius 3 is 2.64 bits per heavy atom. The van der Waals surface area contributed by atoms with Gasteiger partial charge in [0, 0.05) is 6.07 Å². The molecule has 3 rings (SSSR count). The van der Waals surface area contributed by atoms with Crippen LogP contribution in [-0.4, -0.2) is 25.7 Å². The fourth-order valence-corrected chi connectivity index (χ4v) is 3.26. The molecule has 10 heteroatoms. The Kier molecular flexibility index (Phi) is 4.51. The van der Waals surface area contributed by atoms with Crippen LogP contribution in [0.3, 0.4) is 0 Å². The number of aromatic amines is 1. The third-order valence-electron chi connectivity index (χ3n) is 3.18. The lowest BCUT2D eigenvalue weighted by molar-refractivity contribution is 0.415. The molecule has 0 aliphatic rings. The topological polar surface area (TPSA) is 114 Å². The maximum atomic E-state index is 12.4. The maximum Gasteiger partial charge on any atom is 0.295 e. The predicted molar refractivity (Wildman–Crippen MR) is 91.4 cm³/mol. The predicted octanol–water partition coefficient (Wildman–Crippen LogP) is 2.49. The van der Waals surface area contributed by atoms with Crippen molar-refractivity contribution in [1.29, 1.82) is 0 Å². The standard InChI is InChI=1S/C15H12ClN3O5S/c1-23-12-4-2-9(8-10(12)16)19-25(21,22)15-7-5-13(24-15)11-3-6-14(20)18-17-11/h2-8,19H,1H3,(H,18,20). The van der Waals surface area contributed by atoms with E-state index in [4.69, 9.17) is 20.8 Å². The number of nitrogens with zero attached hydrogens (tertiary/aromatic N) is 1. The molecule has 0 amide bonds. The number of aromatic nitrogens is 2. The largest absolute Gasteiger partial charge is 0.495 e. The van der Waals surface area contributed by atoms with E-state index in [1.807, 2.05) is 0 Å².